The minimum Gasteiger partial charge on any atom is -0.369 e. The van der Waals surface area contributed by atoms with E-state index in [2.05, 4.69) is 32.4 Å². The topological polar surface area (TPSA) is 70.2 Å². The zero-order valence-electron chi connectivity index (χ0n) is 11.5. The summed E-state index contributed by atoms with van der Waals surface area (Å²) in [5, 5.41) is 6.18. The molecule has 0 bridgehead atoms. The predicted molar refractivity (Wildman–Crippen MR) is 75.2 cm³/mol. The Balaban J connectivity index is 1.96. The molecular formula is C13H21N5O. The van der Waals surface area contributed by atoms with Gasteiger partial charge in [-0.2, -0.15) is 0 Å². The highest BCUT2D eigenvalue weighted by atomic mass is 16.1. The number of nitrogens with zero attached hydrogens (tertiary/aromatic N) is 3. The van der Waals surface area contributed by atoms with Crippen molar-refractivity contribution >= 4 is 17.5 Å². The lowest BCUT2D eigenvalue weighted by atomic mass is 10.3. The van der Waals surface area contributed by atoms with Gasteiger partial charge >= 0.3 is 0 Å². The van der Waals surface area contributed by atoms with Crippen molar-refractivity contribution in [1.82, 2.24) is 15.3 Å². The second-order valence-corrected chi connectivity index (χ2v) is 4.82. The number of amides is 1. The standard InChI is InChI=1S/C13H21N5O/c1-3-5-15-12-7-14-8-13(17-12)18-6-4-11(9-18)16-10(2)19/h7-8,11H,3-6,9H2,1-2H3,(H,15,17)(H,16,19). The molecule has 0 aliphatic carbocycles. The van der Waals surface area contributed by atoms with Crippen molar-refractivity contribution in [3.8, 4) is 0 Å². The minimum absolute atomic E-state index is 0.0243. The molecule has 1 unspecified atom stereocenters. The summed E-state index contributed by atoms with van der Waals surface area (Å²) in [7, 11) is 0. The summed E-state index contributed by atoms with van der Waals surface area (Å²) in [4.78, 5) is 22.0. The molecule has 1 amide bonds. The van der Waals surface area contributed by atoms with Crippen molar-refractivity contribution in [2.24, 2.45) is 0 Å². The Labute approximate surface area is 113 Å². The molecule has 19 heavy (non-hydrogen) atoms. The third-order valence-electron chi connectivity index (χ3n) is 3.10. The smallest absolute Gasteiger partial charge is 0.217 e. The third-order valence-corrected chi connectivity index (χ3v) is 3.10. The number of carbonyl (C=O) groups excluding carboxylic acids is 1. The van der Waals surface area contributed by atoms with Crippen LogP contribution < -0.4 is 15.5 Å². The van der Waals surface area contributed by atoms with E-state index in [1.54, 1.807) is 19.3 Å². The van der Waals surface area contributed by atoms with Gasteiger partial charge in [0.2, 0.25) is 5.91 Å². The first-order chi connectivity index (χ1) is 9.19. The average Bonchev–Trinajstić information content (AvgIpc) is 2.84. The molecule has 2 rings (SSSR count). The van der Waals surface area contributed by atoms with E-state index in [0.29, 0.717) is 0 Å². The highest BCUT2D eigenvalue weighted by Gasteiger charge is 2.24. The second-order valence-electron chi connectivity index (χ2n) is 4.82. The maximum absolute atomic E-state index is 11.0. The molecule has 104 valence electrons. The van der Waals surface area contributed by atoms with Crippen LogP contribution >= 0.6 is 0 Å². The lowest BCUT2D eigenvalue weighted by molar-refractivity contribution is -0.119. The fourth-order valence-corrected chi connectivity index (χ4v) is 2.22. The number of carbonyl (C=O) groups is 1. The number of hydrogen-bond acceptors (Lipinski definition) is 5. The van der Waals surface area contributed by atoms with Gasteiger partial charge in [-0.1, -0.05) is 6.92 Å². The largest absolute Gasteiger partial charge is 0.369 e. The lowest BCUT2D eigenvalue weighted by Crippen LogP contribution is -2.35. The molecule has 6 heteroatoms. The van der Waals surface area contributed by atoms with Crippen molar-refractivity contribution in [1.29, 1.82) is 0 Å². The van der Waals surface area contributed by atoms with E-state index in [1.807, 2.05) is 0 Å². The van der Waals surface area contributed by atoms with Gasteiger partial charge in [-0.25, -0.2) is 4.98 Å². The molecule has 2 N–H and O–H groups in total. The third kappa shape index (κ3) is 3.81. The lowest BCUT2D eigenvalue weighted by Gasteiger charge is -2.18. The van der Waals surface area contributed by atoms with Gasteiger partial charge in [-0.05, 0) is 12.8 Å². The van der Waals surface area contributed by atoms with Gasteiger partial charge in [0.1, 0.15) is 11.6 Å². The van der Waals surface area contributed by atoms with Crippen LogP contribution in [0.25, 0.3) is 0 Å². The van der Waals surface area contributed by atoms with Gasteiger partial charge in [0.05, 0.1) is 12.4 Å². The summed E-state index contributed by atoms with van der Waals surface area (Å²) in [5.74, 6) is 1.70. The number of aromatic nitrogens is 2. The predicted octanol–water partition coefficient (Wildman–Crippen LogP) is 1.01. The summed E-state index contributed by atoms with van der Waals surface area (Å²) < 4.78 is 0. The Morgan fingerprint density at radius 2 is 2.37 bits per heavy atom. The van der Waals surface area contributed by atoms with E-state index in [4.69, 9.17) is 0 Å². The quantitative estimate of drug-likeness (QED) is 0.830. The summed E-state index contributed by atoms with van der Waals surface area (Å²) in [6, 6.07) is 0.214. The molecule has 1 aromatic heterocycles. The zero-order valence-corrected chi connectivity index (χ0v) is 11.5. The van der Waals surface area contributed by atoms with Crippen LogP contribution in [0.2, 0.25) is 0 Å². The molecule has 0 aromatic carbocycles. The van der Waals surface area contributed by atoms with E-state index in [1.165, 1.54) is 0 Å². The van der Waals surface area contributed by atoms with Gasteiger partial charge in [0.15, 0.2) is 0 Å². The highest BCUT2D eigenvalue weighted by Crippen LogP contribution is 2.18. The number of rotatable bonds is 5. The molecule has 1 aromatic rings. The Morgan fingerprint density at radius 1 is 1.53 bits per heavy atom. The van der Waals surface area contributed by atoms with Crippen LogP contribution in [0.5, 0.6) is 0 Å². The SMILES string of the molecule is CCCNc1cncc(N2CCC(NC(C)=O)C2)n1. The van der Waals surface area contributed by atoms with E-state index < -0.39 is 0 Å². The fourth-order valence-electron chi connectivity index (χ4n) is 2.22. The Morgan fingerprint density at radius 3 is 3.11 bits per heavy atom. The Bertz CT molecular complexity index is 437. The number of anilines is 2. The average molecular weight is 263 g/mol. The first-order valence-electron chi connectivity index (χ1n) is 6.77. The maximum Gasteiger partial charge on any atom is 0.217 e. The summed E-state index contributed by atoms with van der Waals surface area (Å²) in [5.41, 5.74) is 0. The molecule has 0 spiro atoms. The fraction of sp³-hybridized carbons (Fsp3) is 0.615. The van der Waals surface area contributed by atoms with Crippen LogP contribution in [0, 0.1) is 0 Å². The van der Waals surface area contributed by atoms with Crippen LogP contribution in [0.1, 0.15) is 26.7 Å². The normalized spacial score (nSPS) is 18.4. The van der Waals surface area contributed by atoms with E-state index >= 15 is 0 Å². The van der Waals surface area contributed by atoms with Crippen molar-refractivity contribution < 1.29 is 4.79 Å². The van der Waals surface area contributed by atoms with Gasteiger partial charge in [-0.15, -0.1) is 0 Å². The zero-order chi connectivity index (χ0) is 13.7. The molecular weight excluding hydrogens is 242 g/mol. The molecule has 0 saturated carbocycles. The monoisotopic (exact) mass is 263 g/mol. The molecule has 0 radical (unpaired) electrons. The van der Waals surface area contributed by atoms with Gasteiger partial charge in [-0.3, -0.25) is 9.78 Å². The van der Waals surface area contributed by atoms with Crippen molar-refractivity contribution in [2.45, 2.75) is 32.7 Å². The van der Waals surface area contributed by atoms with Crippen LogP contribution in [-0.4, -0.2) is 41.6 Å². The summed E-state index contributed by atoms with van der Waals surface area (Å²) >= 11 is 0. The Hall–Kier alpha value is -1.85. The molecule has 6 nitrogen and oxygen atoms in total. The second kappa shape index (κ2) is 6.36. The molecule has 2 heterocycles. The van der Waals surface area contributed by atoms with Crippen LogP contribution in [0.4, 0.5) is 11.6 Å². The van der Waals surface area contributed by atoms with Gasteiger partial charge < -0.3 is 15.5 Å². The van der Waals surface area contributed by atoms with Crippen molar-refractivity contribution in [3.05, 3.63) is 12.4 Å². The van der Waals surface area contributed by atoms with E-state index in [9.17, 15) is 4.79 Å². The maximum atomic E-state index is 11.0. The van der Waals surface area contributed by atoms with Crippen molar-refractivity contribution in [3.63, 3.8) is 0 Å². The molecule has 1 aliphatic heterocycles. The number of nitrogens with one attached hydrogen (secondary N) is 2. The molecule has 1 saturated heterocycles. The van der Waals surface area contributed by atoms with Crippen LogP contribution in [-0.2, 0) is 4.79 Å². The van der Waals surface area contributed by atoms with Crippen molar-refractivity contribution in [2.75, 3.05) is 29.9 Å². The van der Waals surface area contributed by atoms with E-state index in [0.717, 1.165) is 44.1 Å². The molecule has 1 fully saturated rings. The first-order valence-corrected chi connectivity index (χ1v) is 6.77. The molecule has 1 atom stereocenters. The molecule has 1 aliphatic rings. The van der Waals surface area contributed by atoms with Gasteiger partial charge in [0, 0.05) is 32.6 Å². The van der Waals surface area contributed by atoms with Crippen LogP contribution in [0.3, 0.4) is 0 Å². The minimum atomic E-state index is 0.0243. The van der Waals surface area contributed by atoms with Gasteiger partial charge in [0.25, 0.3) is 0 Å². The van der Waals surface area contributed by atoms with E-state index in [-0.39, 0.29) is 11.9 Å². The first kappa shape index (κ1) is 13.6. The number of hydrogen-bond donors (Lipinski definition) is 2. The highest BCUT2D eigenvalue weighted by molar-refractivity contribution is 5.73. The Kier molecular flexibility index (Phi) is 4.54. The summed E-state index contributed by atoms with van der Waals surface area (Å²) in [6.07, 6.45) is 5.52. The van der Waals surface area contributed by atoms with Crippen LogP contribution in [0.15, 0.2) is 12.4 Å². The summed E-state index contributed by atoms with van der Waals surface area (Å²) in [6.45, 7) is 6.26.